The highest BCUT2D eigenvalue weighted by molar-refractivity contribution is 7.99. The van der Waals surface area contributed by atoms with Crippen molar-refractivity contribution < 1.29 is 29.0 Å². The Labute approximate surface area is 202 Å². The topological polar surface area (TPSA) is 122 Å². The normalized spacial score (nSPS) is 19.8. The number of urea groups is 1. The summed E-state index contributed by atoms with van der Waals surface area (Å²) in [6.45, 7) is 5.07. The lowest BCUT2D eigenvalue weighted by atomic mass is 9.84. The Morgan fingerprint density at radius 3 is 2.41 bits per heavy atom. The molecule has 0 spiro atoms. The van der Waals surface area contributed by atoms with Gasteiger partial charge >= 0.3 is 18.0 Å². The highest BCUT2D eigenvalue weighted by atomic mass is 32.2. The molecule has 3 N–H and O–H groups in total. The number of carbonyl (C=O) groups excluding carboxylic acids is 3. The minimum absolute atomic E-state index is 0.0303. The van der Waals surface area contributed by atoms with Crippen LogP contribution in [0.1, 0.15) is 41.9 Å². The third kappa shape index (κ3) is 6.60. The van der Waals surface area contributed by atoms with Gasteiger partial charge in [-0.25, -0.2) is 9.59 Å². The van der Waals surface area contributed by atoms with E-state index in [0.29, 0.717) is 5.75 Å². The summed E-state index contributed by atoms with van der Waals surface area (Å²) in [7, 11) is 0. The van der Waals surface area contributed by atoms with Crippen molar-refractivity contribution in [2.24, 2.45) is 11.8 Å². The standard InChI is InChI=1S/C25H28N2O6S/c1-25(2,3)33-23(31)18-14-34-21(15-8-5-4-6-9-15)20(18)19(28)13-26-24(32)27-17-11-7-10-16(12-17)22(29)30/h4-12,18,20-21H,13-14H2,1-3H3,(H,29,30)(H2,26,27,32). The summed E-state index contributed by atoms with van der Waals surface area (Å²) in [4.78, 5) is 49.6. The molecule has 2 aromatic carbocycles. The lowest BCUT2D eigenvalue weighted by Gasteiger charge is -2.26. The van der Waals surface area contributed by atoms with Crippen molar-refractivity contribution in [2.75, 3.05) is 17.6 Å². The Hall–Kier alpha value is -3.33. The first kappa shape index (κ1) is 25.3. The third-order valence-corrected chi connectivity index (χ3v) is 6.69. The number of Topliss-reactive ketones (excluding diaryl/α,β-unsaturated/α-hetero) is 1. The molecular formula is C25H28N2O6S. The monoisotopic (exact) mass is 484 g/mol. The van der Waals surface area contributed by atoms with Gasteiger partial charge in [-0.15, -0.1) is 0 Å². The highest BCUT2D eigenvalue weighted by Crippen LogP contribution is 2.48. The number of thioether (sulfide) groups is 1. The molecule has 9 heteroatoms. The zero-order chi connectivity index (χ0) is 24.9. The molecule has 0 radical (unpaired) electrons. The first-order valence-electron chi connectivity index (χ1n) is 10.9. The molecule has 180 valence electrons. The van der Waals surface area contributed by atoms with Gasteiger partial charge in [-0.1, -0.05) is 36.4 Å². The fraction of sp³-hybridized carbons (Fsp3) is 0.360. The average Bonchev–Trinajstić information content (AvgIpc) is 3.23. The van der Waals surface area contributed by atoms with Crippen LogP contribution in [0.4, 0.5) is 10.5 Å². The number of ketones is 1. The van der Waals surface area contributed by atoms with Crippen LogP contribution >= 0.6 is 11.8 Å². The summed E-state index contributed by atoms with van der Waals surface area (Å²) in [5.41, 5.74) is 0.577. The van der Waals surface area contributed by atoms with E-state index in [9.17, 15) is 19.2 Å². The summed E-state index contributed by atoms with van der Waals surface area (Å²) >= 11 is 1.53. The van der Waals surface area contributed by atoms with Crippen LogP contribution in [0.2, 0.25) is 0 Å². The highest BCUT2D eigenvalue weighted by Gasteiger charge is 2.47. The van der Waals surface area contributed by atoms with Gasteiger partial charge in [-0.3, -0.25) is 9.59 Å². The van der Waals surface area contributed by atoms with E-state index in [2.05, 4.69) is 10.6 Å². The lowest BCUT2D eigenvalue weighted by molar-refractivity contribution is -0.162. The SMILES string of the molecule is CC(C)(C)OC(=O)C1CSC(c2ccccc2)C1C(=O)CNC(=O)Nc1cccc(C(=O)O)c1. The van der Waals surface area contributed by atoms with Gasteiger partial charge in [0.05, 0.1) is 18.0 Å². The number of aromatic carboxylic acids is 1. The van der Waals surface area contributed by atoms with Crippen LogP contribution in [0.3, 0.4) is 0 Å². The molecule has 1 fully saturated rings. The first-order valence-corrected chi connectivity index (χ1v) is 11.9. The molecular weight excluding hydrogens is 456 g/mol. The van der Waals surface area contributed by atoms with Crippen LogP contribution in [0, 0.1) is 11.8 Å². The van der Waals surface area contributed by atoms with Crippen molar-refractivity contribution in [1.29, 1.82) is 0 Å². The van der Waals surface area contributed by atoms with E-state index in [1.54, 1.807) is 26.8 Å². The van der Waals surface area contributed by atoms with Gasteiger partial charge in [0.15, 0.2) is 5.78 Å². The van der Waals surface area contributed by atoms with Gasteiger partial charge in [-0.05, 0) is 44.5 Å². The molecule has 3 rings (SSSR count). The van der Waals surface area contributed by atoms with Gasteiger partial charge in [0.1, 0.15) is 5.60 Å². The lowest BCUT2D eigenvalue weighted by Crippen LogP contribution is -2.41. The number of ether oxygens (including phenoxy) is 1. The molecule has 2 amide bonds. The van der Waals surface area contributed by atoms with Crippen LogP contribution < -0.4 is 10.6 Å². The van der Waals surface area contributed by atoms with E-state index in [-0.39, 0.29) is 28.8 Å². The second-order valence-electron chi connectivity index (χ2n) is 8.99. The summed E-state index contributed by atoms with van der Waals surface area (Å²) < 4.78 is 5.57. The number of hydrogen-bond donors (Lipinski definition) is 3. The van der Waals surface area contributed by atoms with Crippen LogP contribution in [0.25, 0.3) is 0 Å². The quantitative estimate of drug-likeness (QED) is 0.505. The largest absolute Gasteiger partial charge is 0.478 e. The van der Waals surface area contributed by atoms with Crippen molar-refractivity contribution in [2.45, 2.75) is 31.6 Å². The Balaban J connectivity index is 1.71. The van der Waals surface area contributed by atoms with Crippen molar-refractivity contribution in [3.8, 4) is 0 Å². The maximum absolute atomic E-state index is 13.3. The van der Waals surface area contributed by atoms with Gasteiger partial charge < -0.3 is 20.5 Å². The van der Waals surface area contributed by atoms with Gasteiger partial charge in [0.2, 0.25) is 0 Å². The molecule has 34 heavy (non-hydrogen) atoms. The maximum atomic E-state index is 13.3. The molecule has 0 saturated carbocycles. The van der Waals surface area contributed by atoms with Crippen molar-refractivity contribution in [3.05, 3.63) is 65.7 Å². The number of hydrogen-bond acceptors (Lipinski definition) is 6. The molecule has 1 saturated heterocycles. The molecule has 0 aromatic heterocycles. The van der Waals surface area contributed by atoms with E-state index >= 15 is 0 Å². The fourth-order valence-electron chi connectivity index (χ4n) is 3.75. The Morgan fingerprint density at radius 2 is 1.76 bits per heavy atom. The van der Waals surface area contributed by atoms with E-state index in [1.807, 2.05) is 30.3 Å². The molecule has 0 aliphatic carbocycles. The van der Waals surface area contributed by atoms with E-state index in [1.165, 1.54) is 30.0 Å². The summed E-state index contributed by atoms with van der Waals surface area (Å²) in [5, 5.41) is 13.9. The number of nitrogens with one attached hydrogen (secondary N) is 2. The molecule has 3 unspecified atom stereocenters. The Bertz CT molecular complexity index is 1070. The van der Waals surface area contributed by atoms with Gasteiger partial charge in [0, 0.05) is 22.6 Å². The van der Waals surface area contributed by atoms with Gasteiger partial charge in [-0.2, -0.15) is 11.8 Å². The Kier molecular flexibility index (Phi) is 7.98. The molecule has 8 nitrogen and oxygen atoms in total. The minimum Gasteiger partial charge on any atom is -0.478 e. The number of carbonyl (C=O) groups is 4. The maximum Gasteiger partial charge on any atom is 0.335 e. The molecule has 1 heterocycles. The fourth-order valence-corrected chi connectivity index (χ4v) is 5.40. The summed E-state index contributed by atoms with van der Waals surface area (Å²) in [6, 6.07) is 14.6. The molecule has 1 aliphatic rings. The number of benzene rings is 2. The van der Waals surface area contributed by atoms with Crippen molar-refractivity contribution >= 4 is 41.2 Å². The average molecular weight is 485 g/mol. The second-order valence-corrected chi connectivity index (χ2v) is 10.2. The zero-order valence-electron chi connectivity index (χ0n) is 19.2. The predicted molar refractivity (Wildman–Crippen MR) is 130 cm³/mol. The van der Waals surface area contributed by atoms with Crippen LogP contribution in [-0.2, 0) is 14.3 Å². The van der Waals surface area contributed by atoms with Gasteiger partial charge in [0.25, 0.3) is 0 Å². The number of rotatable bonds is 7. The molecule has 2 aromatic rings. The summed E-state index contributed by atoms with van der Waals surface area (Å²) in [5.74, 6) is -2.65. The summed E-state index contributed by atoms with van der Waals surface area (Å²) in [6.07, 6.45) is 0. The first-order chi connectivity index (χ1) is 16.0. The van der Waals surface area contributed by atoms with E-state index in [0.717, 1.165) is 5.56 Å². The van der Waals surface area contributed by atoms with Crippen molar-refractivity contribution in [3.63, 3.8) is 0 Å². The van der Waals surface area contributed by atoms with Crippen LogP contribution in [-0.4, -0.2) is 46.8 Å². The zero-order valence-corrected chi connectivity index (χ0v) is 20.1. The number of carboxylic acid groups (broad SMARTS) is 1. The van der Waals surface area contributed by atoms with E-state index in [4.69, 9.17) is 9.84 Å². The number of anilines is 1. The molecule has 1 aliphatic heterocycles. The van der Waals surface area contributed by atoms with E-state index < -0.39 is 35.4 Å². The molecule has 3 atom stereocenters. The third-order valence-electron chi connectivity index (χ3n) is 5.21. The van der Waals surface area contributed by atoms with Crippen LogP contribution in [0.15, 0.2) is 54.6 Å². The molecule has 0 bridgehead atoms. The number of carboxylic acids is 1. The van der Waals surface area contributed by atoms with Crippen molar-refractivity contribution in [1.82, 2.24) is 5.32 Å². The predicted octanol–water partition coefficient (Wildman–Crippen LogP) is 4.14. The number of esters is 1. The number of amides is 2. The minimum atomic E-state index is -1.11. The van der Waals surface area contributed by atoms with Crippen LogP contribution in [0.5, 0.6) is 0 Å². The second kappa shape index (κ2) is 10.7. The Morgan fingerprint density at radius 1 is 1.06 bits per heavy atom. The smallest absolute Gasteiger partial charge is 0.335 e.